The van der Waals surface area contributed by atoms with Crippen LogP contribution in [0.1, 0.15) is 44.5 Å². The number of rotatable bonds is 3. The molecule has 0 N–H and O–H groups in total. The van der Waals surface area contributed by atoms with Crippen molar-refractivity contribution in [3.63, 3.8) is 0 Å². The first kappa shape index (κ1) is 32.9. The SMILES string of the molecule is c1ccc(-c2ccc3c(c2)C2(C4=C3C3(c5cc(-c6ccc(-c7cn8cccnc8n7)cc6)ccc54)c4ccccc4-c4ccccc43)c3ccccc3-c3ccccc32)nc1. The van der Waals surface area contributed by atoms with Crippen LogP contribution < -0.4 is 0 Å². The lowest BCUT2D eigenvalue weighted by atomic mass is 9.66. The summed E-state index contributed by atoms with van der Waals surface area (Å²) < 4.78 is 1.97. The Hall–Kier alpha value is -7.95. The minimum atomic E-state index is -0.561. The average molecular weight is 775 g/mol. The maximum absolute atomic E-state index is 4.87. The number of pyridine rings is 1. The van der Waals surface area contributed by atoms with Crippen LogP contribution in [-0.4, -0.2) is 19.4 Å². The van der Waals surface area contributed by atoms with Crippen LogP contribution in [0.15, 0.2) is 207 Å². The van der Waals surface area contributed by atoms with Crippen molar-refractivity contribution in [2.45, 2.75) is 10.8 Å². The first-order valence-corrected chi connectivity index (χ1v) is 21.0. The summed E-state index contributed by atoms with van der Waals surface area (Å²) in [4.78, 5) is 14.1. The van der Waals surface area contributed by atoms with Gasteiger partial charge in [-0.3, -0.25) is 9.38 Å². The van der Waals surface area contributed by atoms with Crippen molar-refractivity contribution in [3.05, 3.63) is 251 Å². The summed E-state index contributed by atoms with van der Waals surface area (Å²) in [6.45, 7) is 0. The Morgan fingerprint density at radius 1 is 0.344 bits per heavy atom. The second-order valence-electron chi connectivity index (χ2n) is 16.7. The summed E-state index contributed by atoms with van der Waals surface area (Å²) >= 11 is 0. The van der Waals surface area contributed by atoms with Gasteiger partial charge < -0.3 is 0 Å². The first-order valence-electron chi connectivity index (χ1n) is 21.0. The minimum Gasteiger partial charge on any atom is -0.291 e. The van der Waals surface area contributed by atoms with Gasteiger partial charge in [-0.25, -0.2) is 9.97 Å². The van der Waals surface area contributed by atoms with Gasteiger partial charge in [0.2, 0.25) is 5.78 Å². The van der Waals surface area contributed by atoms with Crippen molar-refractivity contribution < 1.29 is 0 Å². The van der Waals surface area contributed by atoms with Gasteiger partial charge in [0.05, 0.1) is 22.2 Å². The van der Waals surface area contributed by atoms with Crippen molar-refractivity contribution in [3.8, 4) is 55.9 Å². The van der Waals surface area contributed by atoms with Gasteiger partial charge in [-0.1, -0.05) is 152 Å². The topological polar surface area (TPSA) is 43.1 Å². The highest BCUT2D eigenvalue weighted by atomic mass is 15.1. The minimum absolute atomic E-state index is 0.556. The molecule has 4 nitrogen and oxygen atoms in total. The van der Waals surface area contributed by atoms with Gasteiger partial charge in [-0.2, -0.15) is 0 Å². The third-order valence-electron chi connectivity index (χ3n) is 14.0. The standard InChI is InChI=1S/C57H34N4/c1-5-16-45-39(12-1)40-13-2-6-17-46(40)56(45)49-32-37(35-21-23-36(24-22-35)52-34-61-31-11-30-59-55(61)60-52)25-27-43(49)53-54(56)44-28-26-38(51-20-9-10-29-58-51)33-50(44)57(53)47-18-7-3-14-41(47)42-15-4-8-19-48(42)57/h1-34H. The van der Waals surface area contributed by atoms with Gasteiger partial charge in [0.25, 0.3) is 0 Å². The second-order valence-corrected chi connectivity index (χ2v) is 16.7. The molecule has 0 saturated heterocycles. The monoisotopic (exact) mass is 774 g/mol. The Morgan fingerprint density at radius 2 is 0.820 bits per heavy atom. The quantitative estimate of drug-likeness (QED) is 0.180. The lowest BCUT2D eigenvalue weighted by molar-refractivity contribution is 0.827. The van der Waals surface area contributed by atoms with Crippen LogP contribution in [0.2, 0.25) is 0 Å². The molecule has 282 valence electrons. The van der Waals surface area contributed by atoms with Gasteiger partial charge in [0, 0.05) is 35.9 Å². The normalized spacial score (nSPS) is 15.1. The Balaban J connectivity index is 1.07. The number of allylic oxidation sites excluding steroid dienone is 2. The lowest BCUT2D eigenvalue weighted by Gasteiger charge is -2.35. The summed E-state index contributed by atoms with van der Waals surface area (Å²) in [5.41, 5.74) is 23.9. The Kier molecular flexibility index (Phi) is 6.39. The summed E-state index contributed by atoms with van der Waals surface area (Å²) in [6.07, 6.45) is 7.72. The molecular weight excluding hydrogens is 741 g/mol. The molecule has 61 heavy (non-hydrogen) atoms. The van der Waals surface area contributed by atoms with E-state index in [1.165, 1.54) is 89.0 Å². The summed E-state index contributed by atoms with van der Waals surface area (Å²) in [5.74, 6) is 0.697. The number of hydrogen-bond acceptors (Lipinski definition) is 3. The number of aromatic nitrogens is 4. The van der Waals surface area contributed by atoms with E-state index in [-0.39, 0.29) is 0 Å². The van der Waals surface area contributed by atoms with E-state index in [0.29, 0.717) is 5.78 Å². The average Bonchev–Trinajstić information content (AvgIpc) is 4.12. The Bertz CT molecular complexity index is 3410. The zero-order chi connectivity index (χ0) is 39.9. The van der Waals surface area contributed by atoms with Crippen LogP contribution in [0.4, 0.5) is 0 Å². The highest BCUT2D eigenvalue weighted by Gasteiger charge is 2.63. The molecule has 4 heteroatoms. The molecule has 0 aliphatic heterocycles. The zero-order valence-corrected chi connectivity index (χ0v) is 32.9. The first-order chi connectivity index (χ1) is 30.2. The van der Waals surface area contributed by atoms with Crippen LogP contribution in [0.5, 0.6) is 0 Å². The van der Waals surface area contributed by atoms with Gasteiger partial charge in [0.15, 0.2) is 0 Å². The van der Waals surface area contributed by atoms with Crippen molar-refractivity contribution in [2.75, 3.05) is 0 Å². The fraction of sp³-hybridized carbons (Fsp3) is 0.0351. The third-order valence-corrected chi connectivity index (χ3v) is 14.0. The molecule has 3 heterocycles. The molecular formula is C57H34N4. The molecule has 14 rings (SSSR count). The van der Waals surface area contributed by atoms with E-state index < -0.39 is 10.8 Å². The molecule has 0 fully saturated rings. The van der Waals surface area contributed by atoms with Crippen LogP contribution in [0.3, 0.4) is 0 Å². The van der Waals surface area contributed by atoms with Crippen LogP contribution in [0.25, 0.3) is 72.8 Å². The molecule has 0 unspecified atom stereocenters. The molecule has 0 amide bonds. The molecule has 0 bridgehead atoms. The van der Waals surface area contributed by atoms with Crippen LogP contribution in [0, 0.1) is 0 Å². The van der Waals surface area contributed by atoms with Crippen LogP contribution >= 0.6 is 0 Å². The molecule has 4 aliphatic rings. The van der Waals surface area contributed by atoms with Crippen LogP contribution in [-0.2, 0) is 10.8 Å². The summed E-state index contributed by atoms with van der Waals surface area (Å²) in [6, 6.07) is 68.1. The highest BCUT2D eigenvalue weighted by Crippen LogP contribution is 2.74. The predicted molar refractivity (Wildman–Crippen MR) is 244 cm³/mol. The third kappa shape index (κ3) is 4.07. The molecule has 0 saturated carbocycles. The van der Waals surface area contributed by atoms with Crippen molar-refractivity contribution in [2.24, 2.45) is 0 Å². The molecule has 3 aromatic heterocycles. The van der Waals surface area contributed by atoms with Crippen molar-refractivity contribution in [1.82, 2.24) is 19.4 Å². The Labute approximate surface area is 352 Å². The van der Waals surface area contributed by atoms with E-state index in [0.717, 1.165) is 22.5 Å². The highest BCUT2D eigenvalue weighted by molar-refractivity contribution is 6.19. The second kappa shape index (κ2) is 11.8. The van der Waals surface area contributed by atoms with E-state index in [9.17, 15) is 0 Å². The summed E-state index contributed by atoms with van der Waals surface area (Å²) in [7, 11) is 0. The lowest BCUT2D eigenvalue weighted by Crippen LogP contribution is -2.28. The number of nitrogens with zero attached hydrogens (tertiary/aromatic N) is 4. The molecule has 0 atom stereocenters. The summed E-state index contributed by atoms with van der Waals surface area (Å²) in [5, 5.41) is 0. The van der Waals surface area contributed by atoms with E-state index >= 15 is 0 Å². The van der Waals surface area contributed by atoms with Crippen molar-refractivity contribution >= 4 is 16.9 Å². The molecule has 7 aromatic carbocycles. The molecule has 4 aliphatic carbocycles. The van der Waals surface area contributed by atoms with E-state index in [1.54, 1.807) is 6.20 Å². The number of imidazole rings is 1. The van der Waals surface area contributed by atoms with Gasteiger partial charge in [-0.05, 0) is 119 Å². The van der Waals surface area contributed by atoms with E-state index in [4.69, 9.17) is 9.97 Å². The van der Waals surface area contributed by atoms with Gasteiger partial charge in [-0.15, -0.1) is 0 Å². The van der Waals surface area contributed by atoms with E-state index in [2.05, 4.69) is 175 Å². The fourth-order valence-electron chi connectivity index (χ4n) is 11.7. The largest absolute Gasteiger partial charge is 0.291 e. The number of fused-ring (bicyclic) bond motifs is 19. The Morgan fingerprint density at radius 3 is 1.36 bits per heavy atom. The smallest absolute Gasteiger partial charge is 0.234 e. The van der Waals surface area contributed by atoms with Gasteiger partial charge >= 0.3 is 0 Å². The fourth-order valence-corrected chi connectivity index (χ4v) is 11.7. The molecule has 10 aromatic rings. The van der Waals surface area contributed by atoms with Gasteiger partial charge in [0.1, 0.15) is 0 Å². The predicted octanol–water partition coefficient (Wildman–Crippen LogP) is 12.7. The zero-order valence-electron chi connectivity index (χ0n) is 32.9. The molecule has 2 spiro atoms. The maximum atomic E-state index is 4.87. The molecule has 0 radical (unpaired) electrons. The number of hydrogen-bond donors (Lipinski definition) is 0. The number of benzene rings is 7. The maximum Gasteiger partial charge on any atom is 0.234 e. The van der Waals surface area contributed by atoms with Crippen molar-refractivity contribution in [1.29, 1.82) is 0 Å². The van der Waals surface area contributed by atoms with E-state index in [1.807, 2.05) is 35.1 Å².